The molecule has 0 radical (unpaired) electrons. The summed E-state index contributed by atoms with van der Waals surface area (Å²) in [7, 11) is 0. The Morgan fingerprint density at radius 2 is 1.77 bits per heavy atom. The molecule has 0 aliphatic rings. The molecule has 0 saturated carbocycles. The fourth-order valence-electron chi connectivity index (χ4n) is 2.58. The summed E-state index contributed by atoms with van der Waals surface area (Å²) in [6.07, 6.45) is -3.75. The lowest BCUT2D eigenvalue weighted by atomic mass is 9.87. The van der Waals surface area contributed by atoms with E-state index in [2.05, 4.69) is 15.9 Å². The minimum absolute atomic E-state index is 0.149. The summed E-state index contributed by atoms with van der Waals surface area (Å²) in [4.78, 5) is 0. The monoisotopic (exact) mass is 371 g/mol. The molecule has 0 saturated heterocycles. The second-order valence-electron chi connectivity index (χ2n) is 5.26. The van der Waals surface area contributed by atoms with Gasteiger partial charge < -0.3 is 5.73 Å². The lowest BCUT2D eigenvalue weighted by molar-refractivity contribution is -0.138. The van der Waals surface area contributed by atoms with Gasteiger partial charge in [-0.05, 0) is 54.8 Å². The van der Waals surface area contributed by atoms with Crippen molar-refractivity contribution in [2.45, 2.75) is 25.4 Å². The van der Waals surface area contributed by atoms with Gasteiger partial charge in [-0.1, -0.05) is 40.2 Å². The fourth-order valence-corrected chi connectivity index (χ4v) is 2.99. The molecule has 2 aromatic carbocycles. The molecule has 22 heavy (non-hydrogen) atoms. The quantitative estimate of drug-likeness (QED) is 0.779. The van der Waals surface area contributed by atoms with Crippen molar-refractivity contribution in [1.82, 2.24) is 0 Å². The van der Waals surface area contributed by atoms with Crippen LogP contribution < -0.4 is 5.73 Å². The molecule has 0 aliphatic heterocycles. The molecule has 2 aromatic rings. The molecule has 2 N–H and O–H groups in total. The lowest BCUT2D eigenvalue weighted by Crippen LogP contribution is -2.12. The molecule has 1 atom stereocenters. The third-order valence-electron chi connectivity index (χ3n) is 3.68. The van der Waals surface area contributed by atoms with Gasteiger partial charge in [-0.15, -0.1) is 0 Å². The van der Waals surface area contributed by atoms with Crippen LogP contribution in [0.15, 0.2) is 46.9 Å². The Labute approximate surface area is 136 Å². The van der Waals surface area contributed by atoms with E-state index in [9.17, 15) is 13.2 Å². The van der Waals surface area contributed by atoms with Gasteiger partial charge in [0.25, 0.3) is 0 Å². The van der Waals surface area contributed by atoms with Gasteiger partial charge in [0.15, 0.2) is 0 Å². The zero-order valence-corrected chi connectivity index (χ0v) is 13.7. The molecule has 0 spiro atoms. The molecule has 118 valence electrons. The maximum absolute atomic E-state index is 13.1. The first-order valence-electron chi connectivity index (χ1n) is 6.96. The second-order valence-corrected chi connectivity index (χ2v) is 6.17. The van der Waals surface area contributed by atoms with Crippen molar-refractivity contribution in [1.29, 1.82) is 0 Å². The SMILES string of the molecule is Cc1ccc(C(CCN)c2cccc(Br)c2)cc1C(F)(F)F. The molecular weight excluding hydrogens is 355 g/mol. The number of rotatable bonds is 4. The molecule has 0 bridgehead atoms. The predicted octanol–water partition coefficient (Wildman–Crippen LogP) is 5.26. The maximum atomic E-state index is 13.1. The van der Waals surface area contributed by atoms with E-state index in [0.29, 0.717) is 18.5 Å². The highest BCUT2D eigenvalue weighted by Crippen LogP contribution is 2.36. The first-order valence-corrected chi connectivity index (χ1v) is 7.75. The van der Waals surface area contributed by atoms with E-state index >= 15 is 0 Å². The van der Waals surface area contributed by atoms with Gasteiger partial charge in [-0.25, -0.2) is 0 Å². The van der Waals surface area contributed by atoms with Gasteiger partial charge in [-0.3, -0.25) is 0 Å². The van der Waals surface area contributed by atoms with Crippen LogP contribution in [0.5, 0.6) is 0 Å². The number of hydrogen-bond donors (Lipinski definition) is 1. The number of halogens is 4. The zero-order chi connectivity index (χ0) is 16.3. The van der Waals surface area contributed by atoms with Crippen molar-refractivity contribution >= 4 is 15.9 Å². The number of hydrogen-bond acceptors (Lipinski definition) is 1. The molecule has 5 heteroatoms. The van der Waals surface area contributed by atoms with Crippen LogP contribution in [0.3, 0.4) is 0 Å². The third kappa shape index (κ3) is 3.90. The molecule has 1 nitrogen and oxygen atoms in total. The van der Waals surface area contributed by atoms with Gasteiger partial charge >= 0.3 is 6.18 Å². The Bertz CT molecular complexity index is 653. The normalized spacial score (nSPS) is 13.2. The topological polar surface area (TPSA) is 26.0 Å². The van der Waals surface area contributed by atoms with E-state index < -0.39 is 11.7 Å². The second kappa shape index (κ2) is 6.84. The molecular formula is C17H17BrF3N. The lowest BCUT2D eigenvalue weighted by Gasteiger charge is -2.20. The highest BCUT2D eigenvalue weighted by Gasteiger charge is 2.33. The Kier molecular flexibility index (Phi) is 5.29. The number of nitrogens with two attached hydrogens (primary N) is 1. The van der Waals surface area contributed by atoms with Gasteiger partial charge in [0.05, 0.1) is 5.56 Å². The largest absolute Gasteiger partial charge is 0.416 e. The van der Waals surface area contributed by atoms with Gasteiger partial charge in [0, 0.05) is 10.4 Å². The molecule has 0 fully saturated rings. The number of benzene rings is 2. The average Bonchev–Trinajstić information content (AvgIpc) is 2.44. The summed E-state index contributed by atoms with van der Waals surface area (Å²) in [5.41, 5.74) is 6.91. The third-order valence-corrected chi connectivity index (χ3v) is 4.17. The molecule has 1 unspecified atom stereocenters. The fraction of sp³-hybridized carbons (Fsp3) is 0.294. The number of alkyl halides is 3. The summed E-state index contributed by atoms with van der Waals surface area (Å²) in [5.74, 6) is -0.149. The van der Waals surface area contributed by atoms with Crippen LogP contribution in [-0.4, -0.2) is 6.54 Å². The van der Waals surface area contributed by atoms with E-state index in [4.69, 9.17) is 5.73 Å². The van der Waals surface area contributed by atoms with E-state index in [0.717, 1.165) is 10.0 Å². The minimum Gasteiger partial charge on any atom is -0.330 e. The van der Waals surface area contributed by atoms with Gasteiger partial charge in [0.1, 0.15) is 0 Å². The van der Waals surface area contributed by atoms with Crippen molar-refractivity contribution in [3.63, 3.8) is 0 Å². The standard InChI is InChI=1S/C17H17BrF3N/c1-11-5-6-13(10-16(11)17(19,20)21)15(7-8-22)12-3-2-4-14(18)9-12/h2-6,9-10,15H,7-8,22H2,1H3. The van der Waals surface area contributed by atoms with Crippen LogP contribution in [0.4, 0.5) is 13.2 Å². The summed E-state index contributed by atoms with van der Waals surface area (Å²) in [6, 6.07) is 12.1. The van der Waals surface area contributed by atoms with Crippen molar-refractivity contribution in [3.8, 4) is 0 Å². The van der Waals surface area contributed by atoms with Crippen LogP contribution in [0.1, 0.15) is 34.6 Å². The van der Waals surface area contributed by atoms with Crippen LogP contribution in [-0.2, 0) is 6.18 Å². The van der Waals surface area contributed by atoms with Crippen LogP contribution in [0, 0.1) is 6.92 Å². The van der Waals surface area contributed by atoms with Crippen molar-refractivity contribution < 1.29 is 13.2 Å². The highest BCUT2D eigenvalue weighted by atomic mass is 79.9. The smallest absolute Gasteiger partial charge is 0.330 e. The molecule has 0 aliphatic carbocycles. The number of aryl methyl sites for hydroxylation is 1. The molecule has 0 aromatic heterocycles. The van der Waals surface area contributed by atoms with Gasteiger partial charge in [-0.2, -0.15) is 13.2 Å². The first-order chi connectivity index (χ1) is 10.3. The van der Waals surface area contributed by atoms with E-state index in [-0.39, 0.29) is 11.5 Å². The Morgan fingerprint density at radius 1 is 1.09 bits per heavy atom. The molecule has 2 rings (SSSR count). The van der Waals surface area contributed by atoms with E-state index in [1.165, 1.54) is 19.1 Å². The van der Waals surface area contributed by atoms with Crippen molar-refractivity contribution in [2.24, 2.45) is 5.73 Å². The van der Waals surface area contributed by atoms with Crippen LogP contribution in [0.25, 0.3) is 0 Å². The van der Waals surface area contributed by atoms with E-state index in [1.54, 1.807) is 6.07 Å². The Balaban J connectivity index is 2.50. The van der Waals surface area contributed by atoms with Crippen LogP contribution >= 0.6 is 15.9 Å². The van der Waals surface area contributed by atoms with Crippen molar-refractivity contribution in [2.75, 3.05) is 6.54 Å². The van der Waals surface area contributed by atoms with Gasteiger partial charge in [0.2, 0.25) is 0 Å². The Hall–Kier alpha value is -1.33. The summed E-state index contributed by atoms with van der Waals surface area (Å²) in [6.45, 7) is 1.88. The van der Waals surface area contributed by atoms with Crippen LogP contribution in [0.2, 0.25) is 0 Å². The highest BCUT2D eigenvalue weighted by molar-refractivity contribution is 9.10. The van der Waals surface area contributed by atoms with Crippen molar-refractivity contribution in [3.05, 3.63) is 69.2 Å². The summed E-state index contributed by atoms with van der Waals surface area (Å²) in [5, 5.41) is 0. The molecule has 0 amide bonds. The maximum Gasteiger partial charge on any atom is 0.416 e. The average molecular weight is 372 g/mol. The Morgan fingerprint density at radius 3 is 2.36 bits per heavy atom. The predicted molar refractivity (Wildman–Crippen MR) is 85.8 cm³/mol. The summed E-state index contributed by atoms with van der Waals surface area (Å²) >= 11 is 3.40. The minimum atomic E-state index is -4.34. The van der Waals surface area contributed by atoms with E-state index in [1.807, 2.05) is 24.3 Å². The molecule has 0 heterocycles. The zero-order valence-electron chi connectivity index (χ0n) is 12.1. The first kappa shape index (κ1) is 17.0. The summed E-state index contributed by atoms with van der Waals surface area (Å²) < 4.78 is 40.2.